The molecule has 0 saturated carbocycles. The van der Waals surface area contributed by atoms with Crippen molar-refractivity contribution in [3.05, 3.63) is 65.5 Å². The van der Waals surface area contributed by atoms with Crippen LogP contribution < -0.4 is 4.74 Å². The second-order valence-corrected chi connectivity index (χ2v) is 8.67. The summed E-state index contributed by atoms with van der Waals surface area (Å²) in [6.45, 7) is 8.33. The molecule has 1 aliphatic heterocycles. The van der Waals surface area contributed by atoms with Gasteiger partial charge in [0.1, 0.15) is 5.75 Å². The molecular weight excluding hydrogens is 390 g/mol. The second-order valence-electron chi connectivity index (χ2n) is 8.67. The molecule has 1 aromatic heterocycles. The molecule has 2 heterocycles. The van der Waals surface area contributed by atoms with E-state index in [4.69, 9.17) is 9.26 Å². The zero-order chi connectivity index (χ0) is 21.8. The molecule has 0 radical (unpaired) electrons. The molecule has 1 saturated heterocycles. The van der Waals surface area contributed by atoms with Crippen LogP contribution in [0.2, 0.25) is 0 Å². The quantitative estimate of drug-likeness (QED) is 0.532. The zero-order valence-electron chi connectivity index (χ0n) is 18.4. The number of nitrogens with zero attached hydrogens (tertiary/aromatic N) is 3. The van der Waals surface area contributed by atoms with Crippen LogP contribution >= 0.6 is 0 Å². The van der Waals surface area contributed by atoms with E-state index in [1.54, 1.807) is 0 Å². The highest BCUT2D eigenvalue weighted by atomic mass is 16.5. The van der Waals surface area contributed by atoms with E-state index in [0.717, 1.165) is 17.7 Å². The van der Waals surface area contributed by atoms with Gasteiger partial charge in [-0.25, -0.2) is 0 Å². The van der Waals surface area contributed by atoms with Crippen LogP contribution in [0, 0.1) is 12.8 Å². The lowest BCUT2D eigenvalue weighted by Gasteiger charge is -2.16. The standard InChI is InChI=1S/C25H29N3O3/c1-17(2)16-30-22-9-7-20(8-10-22)24-26-25(31-27-24)21-14-23(29)28(15-21)12-11-19-6-4-5-18(3)13-19/h4-10,13,17,21H,11-12,14-16H2,1-3H3. The number of carbonyl (C=O) groups excluding carboxylic acids is 1. The van der Waals surface area contributed by atoms with Crippen LogP contribution in [0.25, 0.3) is 11.4 Å². The lowest BCUT2D eigenvalue weighted by Crippen LogP contribution is -2.27. The lowest BCUT2D eigenvalue weighted by molar-refractivity contribution is -0.127. The summed E-state index contributed by atoms with van der Waals surface area (Å²) in [7, 11) is 0. The minimum Gasteiger partial charge on any atom is -0.493 e. The molecule has 1 amide bonds. The molecule has 3 aromatic rings. The van der Waals surface area contributed by atoms with Crippen molar-refractivity contribution >= 4 is 5.91 Å². The Kier molecular flexibility index (Phi) is 6.35. The number of ether oxygens (including phenoxy) is 1. The van der Waals surface area contributed by atoms with E-state index in [0.29, 0.717) is 43.8 Å². The van der Waals surface area contributed by atoms with Crippen molar-refractivity contribution < 1.29 is 14.1 Å². The molecule has 6 heteroatoms. The third kappa shape index (κ3) is 5.32. The fraction of sp³-hybridized carbons (Fsp3) is 0.400. The topological polar surface area (TPSA) is 68.5 Å². The van der Waals surface area contributed by atoms with Crippen LogP contribution in [0.15, 0.2) is 53.1 Å². The summed E-state index contributed by atoms with van der Waals surface area (Å²) in [4.78, 5) is 19.0. The molecule has 1 aliphatic rings. The molecule has 0 bridgehead atoms. The number of benzene rings is 2. The van der Waals surface area contributed by atoms with Gasteiger partial charge < -0.3 is 14.2 Å². The Labute approximate surface area is 183 Å². The van der Waals surface area contributed by atoms with Crippen molar-refractivity contribution in [3.63, 3.8) is 0 Å². The Bertz CT molecular complexity index is 1030. The number of aromatic nitrogens is 2. The lowest BCUT2D eigenvalue weighted by atomic mass is 10.1. The molecule has 0 N–H and O–H groups in total. The number of amides is 1. The monoisotopic (exact) mass is 419 g/mol. The maximum absolute atomic E-state index is 12.5. The maximum Gasteiger partial charge on any atom is 0.232 e. The predicted molar refractivity (Wildman–Crippen MR) is 119 cm³/mol. The zero-order valence-corrected chi connectivity index (χ0v) is 18.4. The first-order valence-corrected chi connectivity index (χ1v) is 10.9. The summed E-state index contributed by atoms with van der Waals surface area (Å²) in [6, 6.07) is 16.1. The van der Waals surface area contributed by atoms with Crippen LogP contribution in [0.3, 0.4) is 0 Å². The van der Waals surface area contributed by atoms with Gasteiger partial charge in [0.25, 0.3) is 0 Å². The van der Waals surface area contributed by atoms with Crippen molar-refractivity contribution in [2.75, 3.05) is 19.7 Å². The highest BCUT2D eigenvalue weighted by Gasteiger charge is 2.34. The van der Waals surface area contributed by atoms with Gasteiger partial charge in [-0.3, -0.25) is 4.79 Å². The Morgan fingerprint density at radius 2 is 2.00 bits per heavy atom. The molecule has 2 aromatic carbocycles. The van der Waals surface area contributed by atoms with Gasteiger partial charge in [0, 0.05) is 25.1 Å². The molecule has 0 spiro atoms. The summed E-state index contributed by atoms with van der Waals surface area (Å²) in [5, 5.41) is 4.13. The number of aryl methyl sites for hydroxylation is 1. The summed E-state index contributed by atoms with van der Waals surface area (Å²) >= 11 is 0. The van der Waals surface area contributed by atoms with Crippen LogP contribution in [0.4, 0.5) is 0 Å². The average molecular weight is 420 g/mol. The van der Waals surface area contributed by atoms with E-state index in [1.165, 1.54) is 11.1 Å². The highest BCUT2D eigenvalue weighted by molar-refractivity contribution is 5.79. The molecule has 0 aliphatic carbocycles. The van der Waals surface area contributed by atoms with Gasteiger partial charge in [-0.2, -0.15) is 4.98 Å². The van der Waals surface area contributed by atoms with Gasteiger partial charge >= 0.3 is 0 Å². The fourth-order valence-electron chi connectivity index (χ4n) is 3.77. The van der Waals surface area contributed by atoms with Crippen LogP contribution in [0.5, 0.6) is 5.75 Å². The molecular formula is C25H29N3O3. The Morgan fingerprint density at radius 3 is 2.74 bits per heavy atom. The van der Waals surface area contributed by atoms with Crippen molar-refractivity contribution in [3.8, 4) is 17.1 Å². The fourth-order valence-corrected chi connectivity index (χ4v) is 3.77. The van der Waals surface area contributed by atoms with Crippen LogP contribution in [-0.4, -0.2) is 40.6 Å². The van der Waals surface area contributed by atoms with Gasteiger partial charge in [-0.05, 0) is 49.1 Å². The number of rotatable bonds is 8. The normalized spacial score (nSPS) is 16.3. The largest absolute Gasteiger partial charge is 0.493 e. The van der Waals surface area contributed by atoms with Gasteiger partial charge in [-0.15, -0.1) is 0 Å². The van der Waals surface area contributed by atoms with Crippen LogP contribution in [-0.2, 0) is 11.2 Å². The molecule has 1 fully saturated rings. The van der Waals surface area contributed by atoms with Gasteiger partial charge in [0.15, 0.2) is 0 Å². The number of hydrogen-bond acceptors (Lipinski definition) is 5. The summed E-state index contributed by atoms with van der Waals surface area (Å²) in [5.74, 6) is 2.46. The summed E-state index contributed by atoms with van der Waals surface area (Å²) in [5.41, 5.74) is 3.35. The number of hydrogen-bond donors (Lipinski definition) is 0. The summed E-state index contributed by atoms with van der Waals surface area (Å²) < 4.78 is 11.2. The van der Waals surface area contributed by atoms with Crippen molar-refractivity contribution in [1.82, 2.24) is 15.0 Å². The Morgan fingerprint density at radius 1 is 1.19 bits per heavy atom. The van der Waals surface area contributed by atoms with Gasteiger partial charge in [0.05, 0.1) is 12.5 Å². The van der Waals surface area contributed by atoms with Crippen molar-refractivity contribution in [2.24, 2.45) is 5.92 Å². The highest BCUT2D eigenvalue weighted by Crippen LogP contribution is 2.29. The second kappa shape index (κ2) is 9.33. The third-order valence-corrected chi connectivity index (χ3v) is 5.45. The first-order valence-electron chi connectivity index (χ1n) is 10.9. The Balaban J connectivity index is 1.36. The molecule has 4 rings (SSSR count). The average Bonchev–Trinajstić information content (AvgIpc) is 3.38. The minimum atomic E-state index is -0.0556. The smallest absolute Gasteiger partial charge is 0.232 e. The van der Waals surface area contributed by atoms with Gasteiger partial charge in [-0.1, -0.05) is 48.8 Å². The van der Waals surface area contributed by atoms with E-state index >= 15 is 0 Å². The number of likely N-dealkylation sites (tertiary alicyclic amines) is 1. The molecule has 1 atom stereocenters. The van der Waals surface area contributed by atoms with E-state index in [2.05, 4.69) is 55.2 Å². The predicted octanol–water partition coefficient (Wildman–Crippen LogP) is 4.64. The third-order valence-electron chi connectivity index (χ3n) is 5.45. The van der Waals surface area contributed by atoms with Crippen LogP contribution in [0.1, 0.15) is 43.2 Å². The van der Waals surface area contributed by atoms with Crippen molar-refractivity contribution in [2.45, 2.75) is 39.5 Å². The number of carbonyl (C=O) groups is 1. The summed E-state index contributed by atoms with van der Waals surface area (Å²) in [6.07, 6.45) is 1.26. The minimum absolute atomic E-state index is 0.0556. The molecule has 6 nitrogen and oxygen atoms in total. The first-order chi connectivity index (χ1) is 15.0. The molecule has 1 unspecified atom stereocenters. The first kappa shape index (κ1) is 21.1. The van der Waals surface area contributed by atoms with E-state index in [-0.39, 0.29) is 11.8 Å². The van der Waals surface area contributed by atoms with E-state index < -0.39 is 0 Å². The molecule has 31 heavy (non-hydrogen) atoms. The van der Waals surface area contributed by atoms with Gasteiger partial charge in [0.2, 0.25) is 17.6 Å². The van der Waals surface area contributed by atoms with Crippen molar-refractivity contribution in [1.29, 1.82) is 0 Å². The SMILES string of the molecule is Cc1cccc(CCN2CC(c3nc(-c4ccc(OCC(C)C)cc4)no3)CC2=O)c1. The van der Waals surface area contributed by atoms with E-state index in [9.17, 15) is 4.79 Å². The maximum atomic E-state index is 12.5. The Hall–Kier alpha value is -3.15. The van der Waals surface area contributed by atoms with E-state index in [1.807, 2.05) is 29.2 Å². The molecule has 162 valence electrons.